The number of hydrogen-bond acceptors (Lipinski definition) is 3. The molecule has 5 rings (SSSR count). The number of H-pyrrole nitrogens is 1. The van der Waals surface area contributed by atoms with Crippen LogP contribution in [0.25, 0.3) is 33.1 Å². The molecule has 0 spiro atoms. The minimum atomic E-state index is 0.915. The van der Waals surface area contributed by atoms with Crippen molar-refractivity contribution in [1.29, 1.82) is 0 Å². The summed E-state index contributed by atoms with van der Waals surface area (Å²) >= 11 is 0. The summed E-state index contributed by atoms with van der Waals surface area (Å²) in [6.07, 6.45) is 9.69. The van der Waals surface area contributed by atoms with Gasteiger partial charge in [-0.05, 0) is 49.2 Å². The highest BCUT2D eigenvalue weighted by Gasteiger charge is 2.11. The van der Waals surface area contributed by atoms with Crippen LogP contribution >= 0.6 is 0 Å². The lowest BCUT2D eigenvalue weighted by atomic mass is 10.0. The van der Waals surface area contributed by atoms with Gasteiger partial charge in [0.05, 0.1) is 11.7 Å². The third kappa shape index (κ3) is 2.86. The number of aromatic amines is 1. The number of fused-ring (bicyclic) bond motifs is 3. The van der Waals surface area contributed by atoms with E-state index in [0.717, 1.165) is 28.7 Å². The monoisotopic (exact) mass is 342 g/mol. The van der Waals surface area contributed by atoms with E-state index in [9.17, 15) is 0 Å². The van der Waals surface area contributed by atoms with E-state index in [1.165, 1.54) is 48.9 Å². The molecule has 26 heavy (non-hydrogen) atoms. The van der Waals surface area contributed by atoms with Crippen LogP contribution in [0.5, 0.6) is 0 Å². The molecule has 1 aliphatic heterocycles. The van der Waals surface area contributed by atoms with Crippen LogP contribution in [-0.4, -0.2) is 32.9 Å². The summed E-state index contributed by atoms with van der Waals surface area (Å²) in [5.41, 5.74) is 5.70. The zero-order valence-corrected chi connectivity index (χ0v) is 14.8. The predicted molar refractivity (Wildman–Crippen MR) is 106 cm³/mol. The Bertz CT molecular complexity index is 1040. The number of nitrogens with one attached hydrogen (secondary N) is 1. The Morgan fingerprint density at radius 1 is 0.885 bits per heavy atom. The number of piperidine rings is 1. The molecule has 1 N–H and O–H groups in total. The summed E-state index contributed by atoms with van der Waals surface area (Å²) in [5.74, 6) is 0. The first-order chi connectivity index (χ1) is 12.9. The lowest BCUT2D eigenvalue weighted by Crippen LogP contribution is -2.28. The molecular formula is C22H22N4. The number of rotatable bonds is 3. The maximum Gasteiger partial charge on any atom is 0.138 e. The SMILES string of the molecule is c1cc2c(cn1)[nH]c1ncc(-c3ccc(CN4CCCCC4)cc3)cc12. The van der Waals surface area contributed by atoms with Crippen LogP contribution in [0.2, 0.25) is 0 Å². The molecule has 0 aliphatic carbocycles. The van der Waals surface area contributed by atoms with Crippen molar-refractivity contribution in [2.45, 2.75) is 25.8 Å². The van der Waals surface area contributed by atoms with Gasteiger partial charge in [0.1, 0.15) is 5.65 Å². The van der Waals surface area contributed by atoms with Crippen LogP contribution in [0.3, 0.4) is 0 Å². The van der Waals surface area contributed by atoms with Gasteiger partial charge in [0.15, 0.2) is 0 Å². The summed E-state index contributed by atoms with van der Waals surface area (Å²) in [5, 5.41) is 2.32. The number of hydrogen-bond donors (Lipinski definition) is 1. The molecule has 4 aromatic rings. The van der Waals surface area contributed by atoms with E-state index in [0.29, 0.717) is 0 Å². The minimum Gasteiger partial charge on any atom is -0.338 e. The summed E-state index contributed by atoms with van der Waals surface area (Å²) in [6, 6.07) is 13.2. The van der Waals surface area contributed by atoms with Crippen molar-refractivity contribution in [1.82, 2.24) is 19.9 Å². The lowest BCUT2D eigenvalue weighted by Gasteiger charge is -2.26. The van der Waals surface area contributed by atoms with Crippen molar-refractivity contribution in [2.75, 3.05) is 13.1 Å². The van der Waals surface area contributed by atoms with Gasteiger partial charge in [0, 0.05) is 35.3 Å². The number of pyridine rings is 2. The summed E-state index contributed by atoms with van der Waals surface area (Å²) in [6.45, 7) is 3.53. The molecule has 0 atom stereocenters. The molecule has 0 bridgehead atoms. The number of benzene rings is 1. The molecular weight excluding hydrogens is 320 g/mol. The molecule has 0 radical (unpaired) electrons. The summed E-state index contributed by atoms with van der Waals surface area (Å²) < 4.78 is 0. The molecule has 0 saturated carbocycles. The highest BCUT2D eigenvalue weighted by molar-refractivity contribution is 6.06. The van der Waals surface area contributed by atoms with Crippen molar-refractivity contribution in [2.24, 2.45) is 0 Å². The van der Waals surface area contributed by atoms with Gasteiger partial charge in [0.25, 0.3) is 0 Å². The second-order valence-corrected chi connectivity index (χ2v) is 7.20. The van der Waals surface area contributed by atoms with Crippen LogP contribution in [0.15, 0.2) is 55.0 Å². The molecule has 4 nitrogen and oxygen atoms in total. The normalized spacial score (nSPS) is 15.7. The minimum absolute atomic E-state index is 0.915. The second kappa shape index (κ2) is 6.54. The van der Waals surface area contributed by atoms with Crippen LogP contribution in [0.1, 0.15) is 24.8 Å². The van der Waals surface area contributed by atoms with E-state index in [1.54, 1.807) is 0 Å². The molecule has 4 heterocycles. The van der Waals surface area contributed by atoms with Crippen LogP contribution in [-0.2, 0) is 6.54 Å². The summed E-state index contributed by atoms with van der Waals surface area (Å²) in [7, 11) is 0. The van der Waals surface area contributed by atoms with Gasteiger partial charge in [-0.1, -0.05) is 30.7 Å². The van der Waals surface area contributed by atoms with Crippen LogP contribution < -0.4 is 0 Å². The Morgan fingerprint density at radius 2 is 1.73 bits per heavy atom. The van der Waals surface area contributed by atoms with E-state index in [4.69, 9.17) is 0 Å². The highest BCUT2D eigenvalue weighted by Crippen LogP contribution is 2.28. The first-order valence-corrected chi connectivity index (χ1v) is 9.40. The molecule has 1 aliphatic rings. The van der Waals surface area contributed by atoms with Crippen LogP contribution in [0, 0.1) is 0 Å². The Morgan fingerprint density at radius 3 is 2.58 bits per heavy atom. The fraction of sp³-hybridized carbons (Fsp3) is 0.273. The molecule has 1 fully saturated rings. The zero-order valence-electron chi connectivity index (χ0n) is 14.8. The van der Waals surface area contributed by atoms with E-state index in [2.05, 4.69) is 50.2 Å². The van der Waals surface area contributed by atoms with Crippen molar-refractivity contribution in [3.05, 3.63) is 60.6 Å². The maximum atomic E-state index is 4.62. The predicted octanol–water partition coefficient (Wildman–Crippen LogP) is 4.76. The van der Waals surface area contributed by atoms with Gasteiger partial charge >= 0.3 is 0 Å². The van der Waals surface area contributed by atoms with Crippen molar-refractivity contribution in [3.63, 3.8) is 0 Å². The molecule has 0 amide bonds. The van der Waals surface area contributed by atoms with Crippen LogP contribution in [0.4, 0.5) is 0 Å². The van der Waals surface area contributed by atoms with Crippen molar-refractivity contribution >= 4 is 21.9 Å². The van der Waals surface area contributed by atoms with E-state index in [1.807, 2.05) is 24.7 Å². The number of aromatic nitrogens is 3. The zero-order chi connectivity index (χ0) is 17.3. The largest absolute Gasteiger partial charge is 0.338 e. The number of likely N-dealkylation sites (tertiary alicyclic amines) is 1. The van der Waals surface area contributed by atoms with Gasteiger partial charge in [-0.15, -0.1) is 0 Å². The van der Waals surface area contributed by atoms with E-state index in [-0.39, 0.29) is 0 Å². The standard InChI is InChI=1S/C22H22N4/c1-2-10-26(11-3-1)15-16-4-6-17(7-5-16)18-12-20-19-8-9-23-14-21(19)25-22(20)24-13-18/h4-9,12-14H,1-3,10-11,15H2,(H,24,25). The first-order valence-electron chi connectivity index (χ1n) is 9.40. The maximum absolute atomic E-state index is 4.62. The molecule has 4 heteroatoms. The quantitative estimate of drug-likeness (QED) is 0.583. The van der Waals surface area contributed by atoms with Gasteiger partial charge < -0.3 is 4.98 Å². The molecule has 3 aromatic heterocycles. The van der Waals surface area contributed by atoms with E-state index >= 15 is 0 Å². The highest BCUT2D eigenvalue weighted by atomic mass is 15.1. The van der Waals surface area contributed by atoms with Crippen molar-refractivity contribution < 1.29 is 0 Å². The van der Waals surface area contributed by atoms with Crippen molar-refractivity contribution in [3.8, 4) is 11.1 Å². The molecule has 1 saturated heterocycles. The fourth-order valence-corrected chi connectivity index (χ4v) is 3.96. The second-order valence-electron chi connectivity index (χ2n) is 7.20. The Balaban J connectivity index is 1.44. The Labute approximate surface area is 152 Å². The Kier molecular flexibility index (Phi) is 3.91. The smallest absolute Gasteiger partial charge is 0.138 e. The first kappa shape index (κ1) is 15.5. The third-order valence-electron chi connectivity index (χ3n) is 5.39. The topological polar surface area (TPSA) is 44.8 Å². The third-order valence-corrected chi connectivity index (χ3v) is 5.39. The van der Waals surface area contributed by atoms with Gasteiger partial charge in [-0.25, -0.2) is 4.98 Å². The average Bonchev–Trinajstić information content (AvgIpc) is 3.07. The molecule has 1 aromatic carbocycles. The summed E-state index contributed by atoms with van der Waals surface area (Å²) in [4.78, 5) is 14.7. The molecule has 0 unspecified atom stereocenters. The Hall–Kier alpha value is -2.72. The fourth-order valence-electron chi connectivity index (χ4n) is 3.96. The lowest BCUT2D eigenvalue weighted by molar-refractivity contribution is 0.221. The van der Waals surface area contributed by atoms with E-state index < -0.39 is 0 Å². The van der Waals surface area contributed by atoms with Gasteiger partial charge in [0.2, 0.25) is 0 Å². The number of nitrogens with zero attached hydrogens (tertiary/aromatic N) is 3. The van der Waals surface area contributed by atoms with Gasteiger partial charge in [-0.3, -0.25) is 9.88 Å². The molecule has 130 valence electrons. The van der Waals surface area contributed by atoms with Gasteiger partial charge in [-0.2, -0.15) is 0 Å². The average molecular weight is 342 g/mol.